The fourth-order valence-corrected chi connectivity index (χ4v) is 3.27. The Bertz CT molecular complexity index is 568. The van der Waals surface area contributed by atoms with Crippen LogP contribution in [0.5, 0.6) is 0 Å². The average molecular weight is 274 g/mol. The van der Waals surface area contributed by atoms with Crippen LogP contribution in [0.3, 0.4) is 0 Å². The van der Waals surface area contributed by atoms with E-state index in [1.807, 2.05) is 6.07 Å². The van der Waals surface area contributed by atoms with Crippen molar-refractivity contribution in [3.05, 3.63) is 29.3 Å². The number of nitrogens with zero attached hydrogens (tertiary/aromatic N) is 1. The second-order valence-electron chi connectivity index (χ2n) is 4.02. The van der Waals surface area contributed by atoms with E-state index >= 15 is 0 Å². The molecule has 0 aliphatic carbocycles. The largest absolute Gasteiger partial charge is 0.338 e. The highest BCUT2D eigenvalue weighted by Gasteiger charge is 2.24. The third-order valence-corrected chi connectivity index (χ3v) is 4.34. The summed E-state index contributed by atoms with van der Waals surface area (Å²) in [5.74, 6) is -0.00483. The van der Waals surface area contributed by atoms with E-state index in [0.29, 0.717) is 19.5 Å². The number of amides is 1. The van der Waals surface area contributed by atoms with Crippen LogP contribution in [0.25, 0.3) is 0 Å². The number of halogens is 1. The second kappa shape index (κ2) is 4.31. The first-order chi connectivity index (χ1) is 7.89. The lowest BCUT2D eigenvalue weighted by atomic mass is 10.00. The maximum atomic E-state index is 11.4. The molecule has 1 aromatic rings. The molecule has 1 heterocycles. The van der Waals surface area contributed by atoms with E-state index in [-0.39, 0.29) is 10.8 Å². The SMILES string of the molecule is CC(=O)N1CCc2c(cccc2S(=O)(=O)Cl)C1. The van der Waals surface area contributed by atoms with E-state index in [2.05, 4.69) is 0 Å². The van der Waals surface area contributed by atoms with Crippen molar-refractivity contribution in [2.75, 3.05) is 6.54 Å². The van der Waals surface area contributed by atoms with Gasteiger partial charge in [0.1, 0.15) is 0 Å². The van der Waals surface area contributed by atoms with Gasteiger partial charge in [-0.3, -0.25) is 4.79 Å². The molecular weight excluding hydrogens is 262 g/mol. The molecule has 0 aromatic heterocycles. The standard InChI is InChI=1S/C11H12ClNO3S/c1-8(14)13-6-5-10-9(7-13)3-2-4-11(10)17(12,15)16/h2-4H,5-7H2,1H3. The zero-order valence-electron chi connectivity index (χ0n) is 9.31. The van der Waals surface area contributed by atoms with Crippen LogP contribution in [-0.4, -0.2) is 25.8 Å². The number of carbonyl (C=O) groups is 1. The summed E-state index contributed by atoms with van der Waals surface area (Å²) < 4.78 is 22.8. The normalized spacial score (nSPS) is 15.5. The van der Waals surface area contributed by atoms with Crippen molar-refractivity contribution in [2.24, 2.45) is 0 Å². The van der Waals surface area contributed by atoms with Crippen molar-refractivity contribution in [3.8, 4) is 0 Å². The summed E-state index contributed by atoms with van der Waals surface area (Å²) in [6.07, 6.45) is 0.525. The quantitative estimate of drug-likeness (QED) is 0.729. The van der Waals surface area contributed by atoms with Crippen molar-refractivity contribution in [1.29, 1.82) is 0 Å². The van der Waals surface area contributed by atoms with Crippen molar-refractivity contribution in [2.45, 2.75) is 24.8 Å². The van der Waals surface area contributed by atoms with Crippen LogP contribution in [0, 0.1) is 0 Å². The van der Waals surface area contributed by atoms with Gasteiger partial charge in [-0.25, -0.2) is 8.42 Å². The van der Waals surface area contributed by atoms with Gasteiger partial charge in [0.2, 0.25) is 5.91 Å². The molecule has 1 aliphatic heterocycles. The Morgan fingerprint density at radius 1 is 1.41 bits per heavy atom. The third-order valence-electron chi connectivity index (χ3n) is 2.93. The summed E-state index contributed by atoms with van der Waals surface area (Å²) in [5, 5.41) is 0. The van der Waals surface area contributed by atoms with Crippen LogP contribution < -0.4 is 0 Å². The minimum atomic E-state index is -3.71. The molecular formula is C11H12ClNO3S. The number of fused-ring (bicyclic) bond motifs is 1. The molecule has 0 saturated heterocycles. The fourth-order valence-electron chi connectivity index (χ4n) is 2.07. The molecule has 4 nitrogen and oxygen atoms in total. The minimum absolute atomic E-state index is 0.00483. The Morgan fingerprint density at radius 2 is 2.12 bits per heavy atom. The van der Waals surface area contributed by atoms with Crippen molar-refractivity contribution >= 4 is 25.6 Å². The van der Waals surface area contributed by atoms with Crippen molar-refractivity contribution < 1.29 is 13.2 Å². The van der Waals surface area contributed by atoms with Crippen molar-refractivity contribution in [1.82, 2.24) is 4.90 Å². The van der Waals surface area contributed by atoms with Crippen LogP contribution >= 0.6 is 10.7 Å². The smallest absolute Gasteiger partial charge is 0.261 e. The van der Waals surface area contributed by atoms with E-state index < -0.39 is 9.05 Å². The molecule has 0 bridgehead atoms. The van der Waals surface area contributed by atoms with E-state index in [1.165, 1.54) is 13.0 Å². The van der Waals surface area contributed by atoms with Gasteiger partial charge in [0, 0.05) is 30.7 Å². The van der Waals surface area contributed by atoms with Gasteiger partial charge in [0.25, 0.3) is 9.05 Å². The molecule has 0 saturated carbocycles. The highest BCUT2D eigenvalue weighted by Crippen LogP contribution is 2.27. The molecule has 0 radical (unpaired) electrons. The molecule has 1 aromatic carbocycles. The molecule has 17 heavy (non-hydrogen) atoms. The first kappa shape index (κ1) is 12.4. The predicted octanol–water partition coefficient (Wildman–Crippen LogP) is 1.52. The summed E-state index contributed by atoms with van der Waals surface area (Å²) in [6, 6.07) is 4.98. The monoisotopic (exact) mass is 273 g/mol. The van der Waals surface area contributed by atoms with Crippen LogP contribution in [0.4, 0.5) is 0 Å². The zero-order chi connectivity index (χ0) is 12.6. The van der Waals surface area contributed by atoms with Crippen LogP contribution in [0.2, 0.25) is 0 Å². The fraction of sp³-hybridized carbons (Fsp3) is 0.364. The van der Waals surface area contributed by atoms with Gasteiger partial charge in [-0.1, -0.05) is 12.1 Å². The maximum absolute atomic E-state index is 11.4. The van der Waals surface area contributed by atoms with Gasteiger partial charge >= 0.3 is 0 Å². The number of benzene rings is 1. The Morgan fingerprint density at radius 3 is 2.71 bits per heavy atom. The van der Waals surface area contributed by atoms with Gasteiger partial charge in [-0.15, -0.1) is 0 Å². The Hall–Kier alpha value is -1.07. The lowest BCUT2D eigenvalue weighted by Gasteiger charge is -2.28. The molecule has 92 valence electrons. The Balaban J connectivity index is 2.46. The van der Waals surface area contributed by atoms with Crippen LogP contribution in [0.1, 0.15) is 18.1 Å². The average Bonchev–Trinajstić information content (AvgIpc) is 2.26. The zero-order valence-corrected chi connectivity index (χ0v) is 10.9. The molecule has 2 rings (SSSR count). The molecule has 0 atom stereocenters. The minimum Gasteiger partial charge on any atom is -0.338 e. The maximum Gasteiger partial charge on any atom is 0.261 e. The third kappa shape index (κ3) is 2.45. The molecule has 1 amide bonds. The van der Waals surface area contributed by atoms with E-state index in [4.69, 9.17) is 10.7 Å². The molecule has 0 N–H and O–H groups in total. The Kier molecular flexibility index (Phi) is 3.14. The first-order valence-electron chi connectivity index (χ1n) is 5.20. The van der Waals surface area contributed by atoms with Gasteiger partial charge in [-0.05, 0) is 23.6 Å². The summed E-state index contributed by atoms with van der Waals surface area (Å²) in [6.45, 7) is 2.49. The van der Waals surface area contributed by atoms with Gasteiger partial charge in [-0.2, -0.15) is 0 Å². The summed E-state index contributed by atoms with van der Waals surface area (Å²) in [4.78, 5) is 13.1. The predicted molar refractivity (Wildman–Crippen MR) is 64.3 cm³/mol. The molecule has 6 heteroatoms. The number of rotatable bonds is 1. The Labute approximate surface area is 105 Å². The van der Waals surface area contributed by atoms with Crippen LogP contribution in [0.15, 0.2) is 23.1 Å². The van der Waals surface area contributed by atoms with Gasteiger partial charge in [0.15, 0.2) is 0 Å². The summed E-state index contributed by atoms with van der Waals surface area (Å²) in [7, 11) is 1.67. The lowest BCUT2D eigenvalue weighted by Crippen LogP contribution is -2.34. The van der Waals surface area contributed by atoms with E-state index in [1.54, 1.807) is 11.0 Å². The number of carbonyl (C=O) groups excluding carboxylic acids is 1. The highest BCUT2D eigenvalue weighted by molar-refractivity contribution is 8.13. The second-order valence-corrected chi connectivity index (χ2v) is 6.56. The first-order valence-corrected chi connectivity index (χ1v) is 7.51. The van der Waals surface area contributed by atoms with E-state index in [0.717, 1.165) is 11.1 Å². The molecule has 0 fully saturated rings. The van der Waals surface area contributed by atoms with Crippen molar-refractivity contribution in [3.63, 3.8) is 0 Å². The number of hydrogen-bond acceptors (Lipinski definition) is 3. The molecule has 0 spiro atoms. The van der Waals surface area contributed by atoms with Gasteiger partial charge in [0.05, 0.1) is 4.90 Å². The summed E-state index contributed by atoms with van der Waals surface area (Å²) in [5.41, 5.74) is 1.59. The number of hydrogen-bond donors (Lipinski definition) is 0. The molecule has 1 aliphatic rings. The molecule has 0 unspecified atom stereocenters. The topological polar surface area (TPSA) is 54.5 Å². The van der Waals surface area contributed by atoms with Crippen LogP contribution in [-0.2, 0) is 26.8 Å². The summed E-state index contributed by atoms with van der Waals surface area (Å²) >= 11 is 0. The van der Waals surface area contributed by atoms with E-state index in [9.17, 15) is 13.2 Å². The lowest BCUT2D eigenvalue weighted by molar-refractivity contribution is -0.129. The highest BCUT2D eigenvalue weighted by atomic mass is 35.7. The van der Waals surface area contributed by atoms with Gasteiger partial charge < -0.3 is 4.90 Å².